The van der Waals surface area contributed by atoms with Gasteiger partial charge < -0.3 is 16.4 Å². The molecule has 0 aromatic heterocycles. The molecule has 2 amide bonds. The molecule has 1 aromatic carbocycles. The molecule has 20 heavy (non-hydrogen) atoms. The Morgan fingerprint density at radius 3 is 2.80 bits per heavy atom. The van der Waals surface area contributed by atoms with Gasteiger partial charge in [-0.15, -0.1) is 0 Å². The van der Waals surface area contributed by atoms with Crippen LogP contribution in [0.2, 0.25) is 0 Å². The van der Waals surface area contributed by atoms with E-state index in [0.717, 1.165) is 24.1 Å². The van der Waals surface area contributed by atoms with Gasteiger partial charge in [-0.2, -0.15) is 0 Å². The lowest BCUT2D eigenvalue weighted by molar-refractivity contribution is -0.122. The first-order valence-electron chi connectivity index (χ1n) is 7.00. The summed E-state index contributed by atoms with van der Waals surface area (Å²) in [5.74, 6) is 0.287. The van der Waals surface area contributed by atoms with Crippen molar-refractivity contribution in [3.63, 3.8) is 0 Å². The van der Waals surface area contributed by atoms with Crippen LogP contribution in [0.25, 0.3) is 0 Å². The summed E-state index contributed by atoms with van der Waals surface area (Å²) in [4.78, 5) is 23.2. The molecule has 0 aliphatic heterocycles. The van der Waals surface area contributed by atoms with Crippen molar-refractivity contribution in [3.05, 3.63) is 23.8 Å². The van der Waals surface area contributed by atoms with E-state index in [9.17, 15) is 9.59 Å². The molecule has 0 heterocycles. The minimum atomic E-state index is -0.0561. The fourth-order valence-electron chi connectivity index (χ4n) is 1.94. The number of anilines is 2. The number of hydrogen-bond donors (Lipinski definition) is 3. The van der Waals surface area contributed by atoms with E-state index in [2.05, 4.69) is 10.6 Å². The monoisotopic (exact) mass is 275 g/mol. The van der Waals surface area contributed by atoms with E-state index in [1.54, 1.807) is 12.1 Å². The minimum Gasteiger partial charge on any atom is -0.399 e. The molecule has 0 radical (unpaired) electrons. The van der Waals surface area contributed by atoms with Crippen LogP contribution >= 0.6 is 0 Å². The predicted octanol–water partition coefficient (Wildman–Crippen LogP) is 1.82. The highest BCUT2D eigenvalue weighted by Gasteiger charge is 2.28. The Morgan fingerprint density at radius 1 is 1.35 bits per heavy atom. The second-order valence-electron chi connectivity index (χ2n) is 5.29. The number of nitrogens with two attached hydrogens (primary N) is 1. The van der Waals surface area contributed by atoms with Gasteiger partial charge in [-0.3, -0.25) is 9.59 Å². The molecule has 4 N–H and O–H groups in total. The van der Waals surface area contributed by atoms with Crippen LogP contribution in [-0.2, 0) is 9.59 Å². The molecule has 1 saturated carbocycles. The Morgan fingerprint density at radius 2 is 2.10 bits per heavy atom. The van der Waals surface area contributed by atoms with E-state index in [1.807, 2.05) is 13.0 Å². The summed E-state index contributed by atoms with van der Waals surface area (Å²) >= 11 is 0. The summed E-state index contributed by atoms with van der Waals surface area (Å²) in [5, 5.41) is 5.69. The van der Waals surface area contributed by atoms with Crippen LogP contribution in [0.5, 0.6) is 0 Å². The van der Waals surface area contributed by atoms with Crippen molar-refractivity contribution in [2.45, 2.75) is 32.6 Å². The van der Waals surface area contributed by atoms with Crippen molar-refractivity contribution in [2.75, 3.05) is 17.6 Å². The van der Waals surface area contributed by atoms with E-state index in [0.29, 0.717) is 25.1 Å². The number of aryl methyl sites for hydroxylation is 1. The molecule has 0 unspecified atom stereocenters. The molecule has 5 nitrogen and oxygen atoms in total. The highest BCUT2D eigenvalue weighted by Crippen LogP contribution is 2.28. The highest BCUT2D eigenvalue weighted by atomic mass is 16.2. The van der Waals surface area contributed by atoms with E-state index in [4.69, 9.17) is 5.73 Å². The van der Waals surface area contributed by atoms with Gasteiger partial charge in [0.2, 0.25) is 11.8 Å². The third kappa shape index (κ3) is 4.26. The normalized spacial score (nSPS) is 13.8. The Labute approximate surface area is 118 Å². The zero-order valence-corrected chi connectivity index (χ0v) is 11.7. The standard InChI is InChI=1S/C15H21N3O2/c1-10-4-7-12(16)9-13(10)18-14(19)3-2-8-17-15(20)11-5-6-11/h4,7,9,11H,2-3,5-6,8,16H2,1H3,(H,17,20)(H,18,19). The van der Waals surface area contributed by atoms with Crippen molar-refractivity contribution in [1.82, 2.24) is 5.32 Å². The molecule has 108 valence electrons. The molecule has 0 spiro atoms. The van der Waals surface area contributed by atoms with Crippen LogP contribution in [0.4, 0.5) is 11.4 Å². The van der Waals surface area contributed by atoms with Crippen LogP contribution in [0.1, 0.15) is 31.2 Å². The zero-order valence-electron chi connectivity index (χ0n) is 11.7. The van der Waals surface area contributed by atoms with Gasteiger partial charge in [0, 0.05) is 30.3 Å². The van der Waals surface area contributed by atoms with Gasteiger partial charge in [0.1, 0.15) is 0 Å². The van der Waals surface area contributed by atoms with Crippen molar-refractivity contribution < 1.29 is 9.59 Å². The number of rotatable bonds is 6. The first-order valence-corrected chi connectivity index (χ1v) is 7.00. The largest absolute Gasteiger partial charge is 0.399 e. The summed E-state index contributed by atoms with van der Waals surface area (Å²) in [6.07, 6.45) is 3.03. The molecule has 1 fully saturated rings. The maximum Gasteiger partial charge on any atom is 0.224 e. The summed E-state index contributed by atoms with van der Waals surface area (Å²) in [7, 11) is 0. The lowest BCUT2D eigenvalue weighted by Gasteiger charge is -2.09. The van der Waals surface area contributed by atoms with Crippen molar-refractivity contribution in [2.24, 2.45) is 5.92 Å². The second kappa shape index (κ2) is 6.41. The second-order valence-corrected chi connectivity index (χ2v) is 5.29. The molecule has 0 bridgehead atoms. The average molecular weight is 275 g/mol. The number of amides is 2. The number of hydrogen-bond acceptors (Lipinski definition) is 3. The van der Waals surface area contributed by atoms with Gasteiger partial charge in [0.25, 0.3) is 0 Å². The lowest BCUT2D eigenvalue weighted by Crippen LogP contribution is -2.26. The maximum atomic E-state index is 11.8. The summed E-state index contributed by atoms with van der Waals surface area (Å²) in [5.41, 5.74) is 8.05. The molecule has 1 aliphatic carbocycles. The highest BCUT2D eigenvalue weighted by molar-refractivity contribution is 5.92. The molecular weight excluding hydrogens is 254 g/mol. The molecule has 0 saturated heterocycles. The Hall–Kier alpha value is -2.04. The predicted molar refractivity (Wildman–Crippen MR) is 79.2 cm³/mol. The Bertz CT molecular complexity index is 510. The lowest BCUT2D eigenvalue weighted by atomic mass is 10.1. The smallest absolute Gasteiger partial charge is 0.224 e. The van der Waals surface area contributed by atoms with Crippen LogP contribution in [0, 0.1) is 12.8 Å². The van der Waals surface area contributed by atoms with Crippen LogP contribution in [-0.4, -0.2) is 18.4 Å². The summed E-state index contributed by atoms with van der Waals surface area (Å²) in [6, 6.07) is 5.43. The van der Waals surface area contributed by atoms with Crippen molar-refractivity contribution >= 4 is 23.2 Å². The van der Waals surface area contributed by atoms with Gasteiger partial charge in [-0.05, 0) is 43.9 Å². The van der Waals surface area contributed by atoms with Gasteiger partial charge in [0.05, 0.1) is 0 Å². The summed E-state index contributed by atoms with van der Waals surface area (Å²) in [6.45, 7) is 2.48. The zero-order chi connectivity index (χ0) is 14.5. The molecule has 0 atom stereocenters. The molecule has 1 aliphatic rings. The topological polar surface area (TPSA) is 84.2 Å². The first-order chi connectivity index (χ1) is 9.56. The van der Waals surface area contributed by atoms with E-state index in [-0.39, 0.29) is 17.7 Å². The Balaban J connectivity index is 1.69. The van der Waals surface area contributed by atoms with Gasteiger partial charge in [0.15, 0.2) is 0 Å². The third-order valence-corrected chi connectivity index (χ3v) is 3.36. The minimum absolute atomic E-state index is 0.0561. The molecule has 5 heteroatoms. The van der Waals surface area contributed by atoms with E-state index in [1.165, 1.54) is 0 Å². The number of benzene rings is 1. The third-order valence-electron chi connectivity index (χ3n) is 3.36. The number of carbonyl (C=O) groups excluding carboxylic acids is 2. The quantitative estimate of drug-likeness (QED) is 0.547. The van der Waals surface area contributed by atoms with Gasteiger partial charge >= 0.3 is 0 Å². The number of carbonyl (C=O) groups is 2. The fourth-order valence-corrected chi connectivity index (χ4v) is 1.94. The molecule has 1 aromatic rings. The van der Waals surface area contributed by atoms with Crippen LogP contribution < -0.4 is 16.4 Å². The van der Waals surface area contributed by atoms with Crippen LogP contribution in [0.15, 0.2) is 18.2 Å². The van der Waals surface area contributed by atoms with E-state index >= 15 is 0 Å². The molecular formula is C15H21N3O2. The average Bonchev–Trinajstić information content (AvgIpc) is 3.23. The maximum absolute atomic E-state index is 11.8. The van der Waals surface area contributed by atoms with Crippen molar-refractivity contribution in [1.29, 1.82) is 0 Å². The number of nitrogens with one attached hydrogen (secondary N) is 2. The van der Waals surface area contributed by atoms with E-state index < -0.39 is 0 Å². The van der Waals surface area contributed by atoms with Crippen LogP contribution in [0.3, 0.4) is 0 Å². The fraction of sp³-hybridized carbons (Fsp3) is 0.467. The van der Waals surface area contributed by atoms with Crippen molar-refractivity contribution in [3.8, 4) is 0 Å². The molecule has 2 rings (SSSR count). The first kappa shape index (κ1) is 14.4. The summed E-state index contributed by atoms with van der Waals surface area (Å²) < 4.78 is 0. The number of nitrogen functional groups attached to an aromatic ring is 1. The SMILES string of the molecule is Cc1ccc(N)cc1NC(=O)CCCNC(=O)C1CC1. The Kier molecular flexibility index (Phi) is 4.61. The van der Waals surface area contributed by atoms with Gasteiger partial charge in [-0.25, -0.2) is 0 Å². The van der Waals surface area contributed by atoms with Gasteiger partial charge in [-0.1, -0.05) is 6.07 Å².